The van der Waals surface area contributed by atoms with Crippen LogP contribution in [0.4, 0.5) is 0 Å². The molecule has 0 aromatic carbocycles. The van der Waals surface area contributed by atoms with E-state index in [2.05, 4.69) is 23.8 Å². The molecule has 7 nitrogen and oxygen atoms in total. The van der Waals surface area contributed by atoms with Crippen molar-refractivity contribution in [2.45, 2.75) is 64.5 Å². The highest BCUT2D eigenvalue weighted by Gasteiger charge is 2.23. The molecule has 0 rings (SSSR count). The molecule has 3 atom stereocenters. The molecule has 0 saturated heterocycles. The molecule has 0 aliphatic heterocycles. The minimum atomic E-state index is -0.564. The van der Waals surface area contributed by atoms with Crippen molar-refractivity contribution >= 4 is 17.8 Å². The molecule has 154 valence electrons. The molecular formula is C20H34N2O5. The molecule has 27 heavy (non-hydrogen) atoms. The number of unbranched alkanes of at least 4 members (excludes halogenated alkanes) is 2. The number of carbonyl (C=O) groups is 3. The van der Waals surface area contributed by atoms with Gasteiger partial charge in [-0.1, -0.05) is 12.2 Å². The first kappa shape index (κ1) is 24.8. The number of amides is 2. The minimum absolute atomic E-state index is 0.00198. The van der Waals surface area contributed by atoms with Crippen LogP contribution in [0.1, 0.15) is 52.4 Å². The van der Waals surface area contributed by atoms with E-state index in [1.807, 2.05) is 6.08 Å². The summed E-state index contributed by atoms with van der Waals surface area (Å²) in [7, 11) is 0. The van der Waals surface area contributed by atoms with Crippen LogP contribution >= 0.6 is 0 Å². The third kappa shape index (κ3) is 12.8. The molecule has 0 aliphatic carbocycles. The van der Waals surface area contributed by atoms with Crippen molar-refractivity contribution in [3.8, 4) is 0 Å². The average Bonchev–Trinajstić information content (AvgIpc) is 2.63. The first-order valence-electron chi connectivity index (χ1n) is 9.42. The van der Waals surface area contributed by atoms with Crippen LogP contribution in [-0.2, 0) is 19.1 Å². The lowest BCUT2D eigenvalue weighted by Crippen LogP contribution is -2.42. The fourth-order valence-corrected chi connectivity index (χ4v) is 2.34. The highest BCUT2D eigenvalue weighted by molar-refractivity contribution is 5.86. The van der Waals surface area contributed by atoms with Crippen LogP contribution in [0, 0.1) is 5.92 Å². The van der Waals surface area contributed by atoms with Crippen molar-refractivity contribution in [2.24, 2.45) is 5.92 Å². The quantitative estimate of drug-likeness (QED) is 0.228. The predicted molar refractivity (Wildman–Crippen MR) is 105 cm³/mol. The Hall–Kier alpha value is -2.15. The lowest BCUT2D eigenvalue weighted by Gasteiger charge is -2.20. The summed E-state index contributed by atoms with van der Waals surface area (Å²) >= 11 is 0. The average molecular weight is 383 g/mol. The van der Waals surface area contributed by atoms with Gasteiger partial charge in [0.05, 0.1) is 18.6 Å². The summed E-state index contributed by atoms with van der Waals surface area (Å²) in [5.74, 6) is -1.46. The van der Waals surface area contributed by atoms with Gasteiger partial charge in [0.15, 0.2) is 0 Å². The first-order chi connectivity index (χ1) is 12.8. The van der Waals surface area contributed by atoms with Crippen LogP contribution < -0.4 is 10.6 Å². The Balaban J connectivity index is 4.33. The molecule has 0 heterocycles. The Bertz CT molecular complexity index is 493. The summed E-state index contributed by atoms with van der Waals surface area (Å²) in [6, 6.07) is -0.726. The molecule has 0 aliphatic rings. The number of carbonyl (C=O) groups excluding carboxylic acids is 3. The molecule has 0 aromatic heterocycles. The van der Waals surface area contributed by atoms with E-state index in [9.17, 15) is 14.4 Å². The zero-order chi connectivity index (χ0) is 20.7. The molecule has 0 aromatic rings. The first-order valence-corrected chi connectivity index (χ1v) is 9.42. The Labute approximate surface area is 162 Å². The minimum Gasteiger partial charge on any atom is -0.464 e. The SMILES string of the molecule is C=CCCCCC(=O)OCC(C)NC(=O)C(CC=C)CC(=O)NC(C)CO. The molecule has 7 heteroatoms. The van der Waals surface area contributed by atoms with Crippen molar-refractivity contribution in [3.63, 3.8) is 0 Å². The van der Waals surface area contributed by atoms with Gasteiger partial charge in [0.2, 0.25) is 11.8 Å². The van der Waals surface area contributed by atoms with E-state index < -0.39 is 5.92 Å². The zero-order valence-corrected chi connectivity index (χ0v) is 16.5. The number of nitrogens with one attached hydrogen (secondary N) is 2. The van der Waals surface area contributed by atoms with Crippen LogP contribution in [0.3, 0.4) is 0 Å². The molecule has 0 saturated carbocycles. The van der Waals surface area contributed by atoms with Gasteiger partial charge in [0.1, 0.15) is 6.61 Å². The highest BCUT2D eigenvalue weighted by atomic mass is 16.5. The second-order valence-corrected chi connectivity index (χ2v) is 6.70. The number of hydrogen-bond donors (Lipinski definition) is 3. The van der Waals surface area contributed by atoms with Gasteiger partial charge in [-0.15, -0.1) is 13.2 Å². The van der Waals surface area contributed by atoms with E-state index >= 15 is 0 Å². The van der Waals surface area contributed by atoms with E-state index in [0.29, 0.717) is 12.8 Å². The summed E-state index contributed by atoms with van der Waals surface area (Å²) in [6.45, 7) is 10.6. The van der Waals surface area contributed by atoms with Gasteiger partial charge in [-0.2, -0.15) is 0 Å². The second-order valence-electron chi connectivity index (χ2n) is 6.70. The molecule has 3 unspecified atom stereocenters. The Morgan fingerprint density at radius 2 is 1.78 bits per heavy atom. The van der Waals surface area contributed by atoms with Crippen molar-refractivity contribution in [2.75, 3.05) is 13.2 Å². The number of allylic oxidation sites excluding steroid dienone is 2. The fraction of sp³-hybridized carbons (Fsp3) is 0.650. The third-order valence-corrected chi connectivity index (χ3v) is 3.86. The summed E-state index contributed by atoms with van der Waals surface area (Å²) < 4.78 is 5.17. The lowest BCUT2D eigenvalue weighted by atomic mass is 9.99. The predicted octanol–water partition coefficient (Wildman–Crippen LogP) is 1.86. The molecule has 0 bridgehead atoms. The van der Waals surface area contributed by atoms with Crippen molar-refractivity contribution < 1.29 is 24.2 Å². The van der Waals surface area contributed by atoms with Crippen LogP contribution in [0.15, 0.2) is 25.3 Å². The number of esters is 1. The number of ether oxygens (including phenoxy) is 1. The number of aliphatic hydroxyl groups is 1. The number of hydrogen-bond acceptors (Lipinski definition) is 5. The van der Waals surface area contributed by atoms with Gasteiger partial charge in [0, 0.05) is 18.9 Å². The monoisotopic (exact) mass is 382 g/mol. The Morgan fingerprint density at radius 1 is 1.07 bits per heavy atom. The van der Waals surface area contributed by atoms with Crippen LogP contribution in [0.2, 0.25) is 0 Å². The number of aliphatic hydroxyl groups excluding tert-OH is 1. The van der Waals surface area contributed by atoms with Gasteiger partial charge in [-0.25, -0.2) is 0 Å². The molecule has 3 N–H and O–H groups in total. The summed E-state index contributed by atoms with van der Waals surface area (Å²) in [6.07, 6.45) is 6.60. The largest absolute Gasteiger partial charge is 0.464 e. The van der Waals surface area contributed by atoms with Crippen molar-refractivity contribution in [1.82, 2.24) is 10.6 Å². The fourth-order valence-electron chi connectivity index (χ4n) is 2.34. The maximum atomic E-state index is 12.4. The van der Waals surface area contributed by atoms with Gasteiger partial charge in [-0.3, -0.25) is 14.4 Å². The van der Waals surface area contributed by atoms with E-state index in [-0.39, 0.29) is 49.5 Å². The van der Waals surface area contributed by atoms with Crippen LogP contribution in [0.5, 0.6) is 0 Å². The Morgan fingerprint density at radius 3 is 2.37 bits per heavy atom. The molecule has 0 radical (unpaired) electrons. The second kappa shape index (κ2) is 15.0. The van der Waals surface area contributed by atoms with Gasteiger partial charge in [0.25, 0.3) is 0 Å². The van der Waals surface area contributed by atoms with Crippen LogP contribution in [-0.4, -0.2) is 48.2 Å². The summed E-state index contributed by atoms with van der Waals surface area (Å²) in [5.41, 5.74) is 0. The van der Waals surface area contributed by atoms with Gasteiger partial charge in [-0.05, 0) is 39.5 Å². The highest BCUT2D eigenvalue weighted by Crippen LogP contribution is 2.11. The standard InChI is InChI=1S/C20H34N2O5/c1-5-7-8-9-11-19(25)27-14-16(4)22-20(26)17(10-6-2)12-18(24)21-15(3)13-23/h5-6,15-17,23H,1-2,7-14H2,3-4H3,(H,21,24)(H,22,26). The van der Waals surface area contributed by atoms with Crippen molar-refractivity contribution in [3.05, 3.63) is 25.3 Å². The molecular weight excluding hydrogens is 348 g/mol. The normalized spacial score (nSPS) is 13.7. The van der Waals surface area contributed by atoms with Crippen LogP contribution in [0.25, 0.3) is 0 Å². The van der Waals surface area contributed by atoms with E-state index in [0.717, 1.165) is 19.3 Å². The topological polar surface area (TPSA) is 105 Å². The molecule has 2 amide bonds. The van der Waals surface area contributed by atoms with E-state index in [1.165, 1.54) is 0 Å². The van der Waals surface area contributed by atoms with Gasteiger partial charge >= 0.3 is 5.97 Å². The van der Waals surface area contributed by atoms with E-state index in [1.54, 1.807) is 19.9 Å². The lowest BCUT2D eigenvalue weighted by molar-refractivity contribution is -0.145. The zero-order valence-electron chi connectivity index (χ0n) is 16.5. The third-order valence-electron chi connectivity index (χ3n) is 3.86. The molecule has 0 spiro atoms. The smallest absolute Gasteiger partial charge is 0.305 e. The number of rotatable bonds is 15. The van der Waals surface area contributed by atoms with Gasteiger partial charge < -0.3 is 20.5 Å². The molecule has 0 fully saturated rings. The van der Waals surface area contributed by atoms with E-state index in [4.69, 9.17) is 9.84 Å². The van der Waals surface area contributed by atoms with Crippen molar-refractivity contribution in [1.29, 1.82) is 0 Å². The maximum Gasteiger partial charge on any atom is 0.305 e. The Kier molecular flexibility index (Phi) is 13.8. The summed E-state index contributed by atoms with van der Waals surface area (Å²) in [4.78, 5) is 36.0. The summed E-state index contributed by atoms with van der Waals surface area (Å²) in [5, 5.41) is 14.4. The maximum absolute atomic E-state index is 12.4.